The molecule has 0 spiro atoms. The summed E-state index contributed by atoms with van der Waals surface area (Å²) >= 11 is 5.69. The van der Waals surface area contributed by atoms with E-state index in [0.29, 0.717) is 18.2 Å². The topological polar surface area (TPSA) is 29.1 Å². The molecule has 0 bridgehead atoms. The van der Waals surface area contributed by atoms with Crippen molar-refractivity contribution in [1.29, 1.82) is 0 Å². The average molecular weight is 238 g/mol. The summed E-state index contributed by atoms with van der Waals surface area (Å²) in [5, 5.41) is 2.91. The average Bonchev–Trinajstić information content (AvgIpc) is 2.26. The number of rotatable bonds is 3. The number of anilines is 1. The molecule has 1 aromatic carbocycles. The van der Waals surface area contributed by atoms with Crippen LogP contribution in [-0.2, 0) is 11.2 Å². The highest BCUT2D eigenvalue weighted by molar-refractivity contribution is 6.17. The Labute approximate surface area is 101 Å². The number of fused-ring (bicyclic) bond motifs is 1. The molecule has 1 N–H and O–H groups in total. The Bertz CT molecular complexity index is 403. The van der Waals surface area contributed by atoms with Crippen molar-refractivity contribution in [2.45, 2.75) is 32.1 Å². The predicted molar refractivity (Wildman–Crippen MR) is 67.1 cm³/mol. The maximum absolute atomic E-state index is 11.4. The molecular formula is C13H16ClNO. The lowest BCUT2D eigenvalue weighted by Crippen LogP contribution is -2.21. The molecule has 0 aliphatic carbocycles. The van der Waals surface area contributed by atoms with E-state index in [-0.39, 0.29) is 5.91 Å². The predicted octanol–water partition coefficient (Wildman–Crippen LogP) is 3.30. The zero-order chi connectivity index (χ0) is 11.5. The van der Waals surface area contributed by atoms with Gasteiger partial charge in [-0.1, -0.05) is 19.1 Å². The van der Waals surface area contributed by atoms with Gasteiger partial charge in [-0.2, -0.15) is 0 Å². The summed E-state index contributed by atoms with van der Waals surface area (Å²) < 4.78 is 0. The number of hydrogen-bond donors (Lipinski definition) is 1. The molecule has 0 saturated heterocycles. The Kier molecular flexibility index (Phi) is 3.49. The van der Waals surface area contributed by atoms with Crippen molar-refractivity contribution in [3.63, 3.8) is 0 Å². The lowest BCUT2D eigenvalue weighted by molar-refractivity contribution is -0.116. The standard InChI is InChI=1S/C13H16ClNO/c1-9-7-13(16)15-12-5-4-10(3-2-6-14)8-11(9)12/h4-5,8-9H,2-3,6-7H2,1H3,(H,15,16). The van der Waals surface area contributed by atoms with Gasteiger partial charge in [-0.3, -0.25) is 4.79 Å². The van der Waals surface area contributed by atoms with Crippen molar-refractivity contribution in [1.82, 2.24) is 0 Å². The van der Waals surface area contributed by atoms with E-state index < -0.39 is 0 Å². The Balaban J connectivity index is 2.24. The Morgan fingerprint density at radius 1 is 1.50 bits per heavy atom. The Morgan fingerprint density at radius 2 is 2.31 bits per heavy atom. The first-order valence-electron chi connectivity index (χ1n) is 5.69. The van der Waals surface area contributed by atoms with Crippen LogP contribution in [0.3, 0.4) is 0 Å². The Morgan fingerprint density at radius 3 is 3.06 bits per heavy atom. The minimum Gasteiger partial charge on any atom is -0.326 e. The van der Waals surface area contributed by atoms with Gasteiger partial charge in [0.25, 0.3) is 0 Å². The van der Waals surface area contributed by atoms with Crippen LogP contribution in [0.4, 0.5) is 5.69 Å². The van der Waals surface area contributed by atoms with Crippen molar-refractivity contribution in [3.05, 3.63) is 29.3 Å². The van der Waals surface area contributed by atoms with Crippen LogP contribution >= 0.6 is 11.6 Å². The van der Waals surface area contributed by atoms with Gasteiger partial charge in [-0.05, 0) is 36.0 Å². The maximum Gasteiger partial charge on any atom is 0.224 e. The number of benzene rings is 1. The zero-order valence-corrected chi connectivity index (χ0v) is 10.2. The van der Waals surface area contributed by atoms with Gasteiger partial charge in [0.1, 0.15) is 0 Å². The van der Waals surface area contributed by atoms with E-state index in [0.717, 1.165) is 18.5 Å². The minimum absolute atomic E-state index is 0.119. The molecule has 0 radical (unpaired) electrons. The summed E-state index contributed by atoms with van der Waals surface area (Å²) in [4.78, 5) is 11.4. The van der Waals surface area contributed by atoms with Crippen molar-refractivity contribution >= 4 is 23.2 Å². The molecule has 3 heteroatoms. The van der Waals surface area contributed by atoms with Gasteiger partial charge in [0.2, 0.25) is 5.91 Å². The molecular weight excluding hydrogens is 222 g/mol. The van der Waals surface area contributed by atoms with Gasteiger partial charge >= 0.3 is 0 Å². The van der Waals surface area contributed by atoms with E-state index in [4.69, 9.17) is 11.6 Å². The molecule has 16 heavy (non-hydrogen) atoms. The fourth-order valence-corrected chi connectivity index (χ4v) is 2.28. The van der Waals surface area contributed by atoms with Crippen molar-refractivity contribution in [2.24, 2.45) is 0 Å². The lowest BCUT2D eigenvalue weighted by Gasteiger charge is -2.23. The number of carbonyl (C=O) groups excluding carboxylic acids is 1. The minimum atomic E-state index is 0.119. The fraction of sp³-hybridized carbons (Fsp3) is 0.462. The van der Waals surface area contributed by atoms with E-state index in [2.05, 4.69) is 24.4 Å². The van der Waals surface area contributed by atoms with E-state index in [9.17, 15) is 4.79 Å². The van der Waals surface area contributed by atoms with Gasteiger partial charge in [0.05, 0.1) is 0 Å². The SMILES string of the molecule is CC1CC(=O)Nc2ccc(CCCCl)cc21. The molecule has 1 aliphatic rings. The number of carbonyl (C=O) groups is 1. The van der Waals surface area contributed by atoms with E-state index >= 15 is 0 Å². The number of hydrogen-bond acceptors (Lipinski definition) is 1. The molecule has 0 aromatic heterocycles. The number of alkyl halides is 1. The summed E-state index contributed by atoms with van der Waals surface area (Å²) in [6, 6.07) is 6.28. The second-order valence-corrected chi connectivity index (χ2v) is 4.75. The lowest BCUT2D eigenvalue weighted by atomic mass is 9.90. The largest absolute Gasteiger partial charge is 0.326 e. The summed E-state index contributed by atoms with van der Waals surface area (Å²) in [5.41, 5.74) is 3.53. The number of nitrogens with one attached hydrogen (secondary N) is 1. The molecule has 2 rings (SSSR count). The summed E-state index contributed by atoms with van der Waals surface area (Å²) in [6.07, 6.45) is 2.60. The molecule has 86 valence electrons. The molecule has 0 saturated carbocycles. The van der Waals surface area contributed by atoms with Crippen molar-refractivity contribution in [3.8, 4) is 0 Å². The van der Waals surface area contributed by atoms with Crippen LogP contribution in [0.5, 0.6) is 0 Å². The number of aryl methyl sites for hydroxylation is 1. The molecule has 1 aliphatic heterocycles. The molecule has 1 unspecified atom stereocenters. The van der Waals surface area contributed by atoms with E-state index in [1.165, 1.54) is 11.1 Å². The second-order valence-electron chi connectivity index (χ2n) is 4.37. The zero-order valence-electron chi connectivity index (χ0n) is 9.42. The monoisotopic (exact) mass is 237 g/mol. The van der Waals surface area contributed by atoms with Crippen LogP contribution in [0.15, 0.2) is 18.2 Å². The fourth-order valence-electron chi connectivity index (χ4n) is 2.15. The third-order valence-corrected chi connectivity index (χ3v) is 3.28. The van der Waals surface area contributed by atoms with Gasteiger partial charge < -0.3 is 5.32 Å². The van der Waals surface area contributed by atoms with E-state index in [1.54, 1.807) is 0 Å². The third kappa shape index (κ3) is 2.38. The first kappa shape index (κ1) is 11.5. The normalized spacial score (nSPS) is 19.1. The smallest absolute Gasteiger partial charge is 0.224 e. The van der Waals surface area contributed by atoms with Crippen LogP contribution in [0.25, 0.3) is 0 Å². The van der Waals surface area contributed by atoms with Crippen LogP contribution in [0, 0.1) is 0 Å². The van der Waals surface area contributed by atoms with Crippen LogP contribution in [0.2, 0.25) is 0 Å². The summed E-state index contributed by atoms with van der Waals surface area (Å²) in [7, 11) is 0. The highest BCUT2D eigenvalue weighted by atomic mass is 35.5. The van der Waals surface area contributed by atoms with Crippen LogP contribution in [-0.4, -0.2) is 11.8 Å². The highest BCUT2D eigenvalue weighted by Gasteiger charge is 2.21. The molecule has 1 amide bonds. The number of amides is 1. The quantitative estimate of drug-likeness (QED) is 0.803. The second kappa shape index (κ2) is 4.88. The van der Waals surface area contributed by atoms with Gasteiger partial charge in [0.15, 0.2) is 0 Å². The maximum atomic E-state index is 11.4. The number of halogens is 1. The first-order chi connectivity index (χ1) is 7.70. The summed E-state index contributed by atoms with van der Waals surface area (Å²) in [5.74, 6) is 1.14. The van der Waals surface area contributed by atoms with E-state index in [1.807, 2.05) is 6.07 Å². The Hall–Kier alpha value is -1.02. The summed E-state index contributed by atoms with van der Waals surface area (Å²) in [6.45, 7) is 2.10. The van der Waals surface area contributed by atoms with Gasteiger partial charge in [0, 0.05) is 18.0 Å². The van der Waals surface area contributed by atoms with Crippen LogP contribution < -0.4 is 5.32 Å². The highest BCUT2D eigenvalue weighted by Crippen LogP contribution is 2.32. The first-order valence-corrected chi connectivity index (χ1v) is 6.23. The van der Waals surface area contributed by atoms with Crippen molar-refractivity contribution in [2.75, 3.05) is 11.2 Å². The van der Waals surface area contributed by atoms with Crippen LogP contribution in [0.1, 0.15) is 36.8 Å². The van der Waals surface area contributed by atoms with Gasteiger partial charge in [-0.15, -0.1) is 11.6 Å². The molecule has 2 nitrogen and oxygen atoms in total. The molecule has 1 heterocycles. The molecule has 1 atom stereocenters. The third-order valence-electron chi connectivity index (χ3n) is 3.01. The van der Waals surface area contributed by atoms with Crippen molar-refractivity contribution < 1.29 is 4.79 Å². The van der Waals surface area contributed by atoms with Gasteiger partial charge in [-0.25, -0.2) is 0 Å². The molecule has 1 aromatic rings. The molecule has 0 fully saturated rings.